The lowest BCUT2D eigenvalue weighted by Gasteiger charge is -2.14. The molecule has 1 atom stereocenters. The molecule has 0 aliphatic rings. The molecule has 0 bridgehead atoms. The van der Waals surface area contributed by atoms with Gasteiger partial charge in [0.1, 0.15) is 5.75 Å². The Labute approximate surface area is 125 Å². The molecule has 0 fully saturated rings. The van der Waals surface area contributed by atoms with Gasteiger partial charge in [0.25, 0.3) is 0 Å². The van der Waals surface area contributed by atoms with Crippen molar-refractivity contribution in [2.45, 2.75) is 19.4 Å². The molecule has 3 heteroatoms. The van der Waals surface area contributed by atoms with Crippen LogP contribution in [0.5, 0.6) is 5.75 Å². The minimum atomic E-state index is 0.325. The number of halogens is 1. The second kappa shape index (κ2) is 7.32. The van der Waals surface area contributed by atoms with E-state index in [0.717, 1.165) is 23.7 Å². The lowest BCUT2D eigenvalue weighted by atomic mass is 10.1. The molecule has 0 radical (unpaired) electrons. The average Bonchev–Trinajstić information content (AvgIpc) is 2.48. The standard InChI is InChI=1S/C17H20ClNO/c1-13(15-5-7-16(18)8-6-15)19-12-11-14-3-9-17(20-2)10-4-14/h3-10,13,19H,11-12H2,1-2H3/t13-/m0/s1. The number of ether oxygens (including phenoxy) is 1. The summed E-state index contributed by atoms with van der Waals surface area (Å²) in [5, 5.41) is 4.30. The Kier molecular flexibility index (Phi) is 5.45. The van der Waals surface area contributed by atoms with Gasteiger partial charge in [-0.15, -0.1) is 0 Å². The molecule has 0 aliphatic heterocycles. The van der Waals surface area contributed by atoms with Gasteiger partial charge in [0.2, 0.25) is 0 Å². The summed E-state index contributed by atoms with van der Waals surface area (Å²) in [7, 11) is 1.68. The summed E-state index contributed by atoms with van der Waals surface area (Å²) >= 11 is 5.89. The molecule has 2 rings (SSSR count). The Morgan fingerprint density at radius 3 is 2.30 bits per heavy atom. The van der Waals surface area contributed by atoms with Crippen LogP contribution in [0.15, 0.2) is 48.5 Å². The van der Waals surface area contributed by atoms with E-state index in [2.05, 4.69) is 36.5 Å². The molecule has 2 aromatic carbocycles. The lowest BCUT2D eigenvalue weighted by Crippen LogP contribution is -2.21. The van der Waals surface area contributed by atoms with Crippen LogP contribution in [0.4, 0.5) is 0 Å². The Morgan fingerprint density at radius 2 is 1.70 bits per heavy atom. The van der Waals surface area contributed by atoms with Crippen LogP contribution >= 0.6 is 11.6 Å². The summed E-state index contributed by atoms with van der Waals surface area (Å²) in [5.41, 5.74) is 2.56. The molecule has 0 saturated heterocycles. The Hall–Kier alpha value is -1.51. The van der Waals surface area contributed by atoms with Gasteiger partial charge >= 0.3 is 0 Å². The quantitative estimate of drug-likeness (QED) is 0.859. The predicted molar refractivity (Wildman–Crippen MR) is 84.6 cm³/mol. The number of rotatable bonds is 6. The third kappa shape index (κ3) is 4.26. The maximum atomic E-state index is 5.89. The van der Waals surface area contributed by atoms with E-state index in [9.17, 15) is 0 Å². The van der Waals surface area contributed by atoms with Crippen LogP contribution in [0, 0.1) is 0 Å². The van der Waals surface area contributed by atoms with E-state index in [0.29, 0.717) is 6.04 Å². The Bertz CT molecular complexity index is 522. The topological polar surface area (TPSA) is 21.3 Å². The summed E-state index contributed by atoms with van der Waals surface area (Å²) in [5.74, 6) is 0.899. The van der Waals surface area contributed by atoms with Crippen LogP contribution in [0.3, 0.4) is 0 Å². The Balaban J connectivity index is 1.81. The van der Waals surface area contributed by atoms with Gasteiger partial charge in [0.05, 0.1) is 7.11 Å². The largest absolute Gasteiger partial charge is 0.497 e. The minimum absolute atomic E-state index is 0.325. The van der Waals surface area contributed by atoms with Gasteiger partial charge in [-0.25, -0.2) is 0 Å². The zero-order valence-corrected chi connectivity index (χ0v) is 12.7. The molecule has 1 N–H and O–H groups in total. The van der Waals surface area contributed by atoms with E-state index in [4.69, 9.17) is 16.3 Å². The highest BCUT2D eigenvalue weighted by atomic mass is 35.5. The van der Waals surface area contributed by atoms with Gasteiger partial charge < -0.3 is 10.1 Å². The van der Waals surface area contributed by atoms with Crippen LogP contribution in [-0.2, 0) is 6.42 Å². The van der Waals surface area contributed by atoms with Crippen molar-refractivity contribution in [3.8, 4) is 5.75 Å². The van der Waals surface area contributed by atoms with Crippen LogP contribution in [0.25, 0.3) is 0 Å². The first-order valence-electron chi connectivity index (χ1n) is 6.81. The van der Waals surface area contributed by atoms with Crippen molar-refractivity contribution in [3.63, 3.8) is 0 Å². The number of nitrogens with one attached hydrogen (secondary N) is 1. The molecular formula is C17H20ClNO. The first kappa shape index (κ1) is 14.9. The van der Waals surface area contributed by atoms with Gasteiger partial charge in [-0.05, 0) is 55.3 Å². The van der Waals surface area contributed by atoms with Crippen molar-refractivity contribution in [1.29, 1.82) is 0 Å². The van der Waals surface area contributed by atoms with E-state index < -0.39 is 0 Å². The van der Waals surface area contributed by atoms with E-state index in [1.807, 2.05) is 24.3 Å². The van der Waals surface area contributed by atoms with Crippen molar-refractivity contribution >= 4 is 11.6 Å². The van der Waals surface area contributed by atoms with E-state index in [-0.39, 0.29) is 0 Å². The lowest BCUT2D eigenvalue weighted by molar-refractivity contribution is 0.414. The molecule has 2 nitrogen and oxygen atoms in total. The number of benzene rings is 2. The zero-order chi connectivity index (χ0) is 14.4. The summed E-state index contributed by atoms with van der Waals surface area (Å²) in [6, 6.07) is 16.5. The summed E-state index contributed by atoms with van der Waals surface area (Å²) in [6.45, 7) is 3.10. The molecule has 0 spiro atoms. The third-order valence-electron chi connectivity index (χ3n) is 3.39. The highest BCUT2D eigenvalue weighted by Gasteiger charge is 2.04. The van der Waals surface area contributed by atoms with Crippen molar-refractivity contribution in [2.24, 2.45) is 0 Å². The molecule has 0 amide bonds. The fraction of sp³-hybridized carbons (Fsp3) is 0.294. The van der Waals surface area contributed by atoms with Crippen LogP contribution < -0.4 is 10.1 Å². The van der Waals surface area contributed by atoms with Crippen LogP contribution in [0.2, 0.25) is 5.02 Å². The second-order valence-corrected chi connectivity index (χ2v) is 5.26. The van der Waals surface area contributed by atoms with E-state index in [1.54, 1.807) is 7.11 Å². The number of hydrogen-bond acceptors (Lipinski definition) is 2. The third-order valence-corrected chi connectivity index (χ3v) is 3.65. The van der Waals surface area contributed by atoms with Gasteiger partial charge in [-0.2, -0.15) is 0 Å². The average molecular weight is 290 g/mol. The predicted octanol–water partition coefficient (Wildman–Crippen LogP) is 4.24. The number of methoxy groups -OCH3 is 1. The molecule has 0 unspecified atom stereocenters. The smallest absolute Gasteiger partial charge is 0.118 e. The maximum absolute atomic E-state index is 5.89. The van der Waals surface area contributed by atoms with E-state index in [1.165, 1.54) is 11.1 Å². The van der Waals surface area contributed by atoms with Gasteiger partial charge in [0, 0.05) is 11.1 Å². The molecule has 20 heavy (non-hydrogen) atoms. The van der Waals surface area contributed by atoms with Gasteiger partial charge in [0.15, 0.2) is 0 Å². The monoisotopic (exact) mass is 289 g/mol. The molecule has 2 aromatic rings. The van der Waals surface area contributed by atoms with Crippen molar-refractivity contribution < 1.29 is 4.74 Å². The zero-order valence-electron chi connectivity index (χ0n) is 11.9. The number of hydrogen-bond donors (Lipinski definition) is 1. The fourth-order valence-corrected chi connectivity index (χ4v) is 2.22. The van der Waals surface area contributed by atoms with Crippen molar-refractivity contribution in [3.05, 3.63) is 64.7 Å². The summed E-state index contributed by atoms with van der Waals surface area (Å²) in [4.78, 5) is 0. The fourth-order valence-electron chi connectivity index (χ4n) is 2.09. The van der Waals surface area contributed by atoms with Crippen LogP contribution in [0.1, 0.15) is 24.1 Å². The molecular weight excluding hydrogens is 270 g/mol. The molecule has 0 aliphatic carbocycles. The van der Waals surface area contributed by atoms with Gasteiger partial charge in [-0.1, -0.05) is 35.9 Å². The summed E-state index contributed by atoms with van der Waals surface area (Å²) in [6.07, 6.45) is 1.00. The molecule has 106 valence electrons. The van der Waals surface area contributed by atoms with E-state index >= 15 is 0 Å². The Morgan fingerprint density at radius 1 is 1.05 bits per heavy atom. The first-order valence-corrected chi connectivity index (χ1v) is 7.18. The SMILES string of the molecule is COc1ccc(CCN[C@@H](C)c2ccc(Cl)cc2)cc1. The second-order valence-electron chi connectivity index (χ2n) is 4.83. The van der Waals surface area contributed by atoms with Crippen molar-refractivity contribution in [1.82, 2.24) is 5.32 Å². The van der Waals surface area contributed by atoms with Crippen LogP contribution in [-0.4, -0.2) is 13.7 Å². The normalized spacial score (nSPS) is 12.2. The molecule has 0 aromatic heterocycles. The van der Waals surface area contributed by atoms with Crippen molar-refractivity contribution in [2.75, 3.05) is 13.7 Å². The maximum Gasteiger partial charge on any atom is 0.118 e. The first-order chi connectivity index (χ1) is 9.69. The molecule has 0 saturated carbocycles. The van der Waals surface area contributed by atoms with Gasteiger partial charge in [-0.3, -0.25) is 0 Å². The summed E-state index contributed by atoms with van der Waals surface area (Å²) < 4.78 is 5.15. The highest BCUT2D eigenvalue weighted by Crippen LogP contribution is 2.16. The minimum Gasteiger partial charge on any atom is -0.497 e. The highest BCUT2D eigenvalue weighted by molar-refractivity contribution is 6.30. The molecule has 0 heterocycles.